The van der Waals surface area contributed by atoms with Crippen molar-refractivity contribution in [3.8, 4) is 0 Å². The van der Waals surface area contributed by atoms with E-state index in [-0.39, 0.29) is 0 Å². The van der Waals surface area contributed by atoms with Gasteiger partial charge in [-0.05, 0) is 45.3 Å². The van der Waals surface area contributed by atoms with Gasteiger partial charge < -0.3 is 16.8 Å². The van der Waals surface area contributed by atoms with Crippen LogP contribution in [0.25, 0.3) is 0 Å². The normalized spacial score (nSPS) is 12.7. The second kappa shape index (κ2) is 17.9. The summed E-state index contributed by atoms with van der Waals surface area (Å²) in [5.41, 5.74) is 11.5. The van der Waals surface area contributed by atoms with E-state index in [1.165, 1.54) is 64.2 Å². The number of nitrogens with two attached hydrogens (primary N) is 2. The van der Waals surface area contributed by atoms with Crippen LogP contribution in [0, 0.1) is 0 Å². The average Bonchev–Trinajstić information content (AvgIpc) is 2.49. The molecule has 0 saturated heterocycles. The van der Waals surface area contributed by atoms with E-state index in [4.69, 9.17) is 11.5 Å². The number of hydrogen-bond donors (Lipinski definition) is 3. The first-order chi connectivity index (χ1) is 10.3. The van der Waals surface area contributed by atoms with E-state index in [0.29, 0.717) is 6.04 Å². The molecule has 3 heteroatoms. The molecule has 5 N–H and O–H groups in total. The number of hydrogen-bond acceptors (Lipinski definition) is 3. The summed E-state index contributed by atoms with van der Waals surface area (Å²) in [5.74, 6) is 0. The Morgan fingerprint density at radius 3 is 1.86 bits per heavy atom. The summed E-state index contributed by atoms with van der Waals surface area (Å²) < 4.78 is 0. The molecule has 0 amide bonds. The SMILES string of the molecule is CCCCCCCCCCCCNCCC(N)CCCN. The Hall–Kier alpha value is -0.120. The van der Waals surface area contributed by atoms with Crippen LogP contribution in [0.2, 0.25) is 0 Å². The summed E-state index contributed by atoms with van der Waals surface area (Å²) in [6, 6.07) is 0.328. The van der Waals surface area contributed by atoms with Gasteiger partial charge in [0.2, 0.25) is 0 Å². The highest BCUT2D eigenvalue weighted by Crippen LogP contribution is 2.10. The first kappa shape index (κ1) is 20.9. The summed E-state index contributed by atoms with van der Waals surface area (Å²) >= 11 is 0. The quantitative estimate of drug-likeness (QED) is 0.356. The summed E-state index contributed by atoms with van der Waals surface area (Å²) in [5, 5.41) is 3.51. The van der Waals surface area contributed by atoms with Crippen molar-refractivity contribution in [2.45, 2.75) is 96.4 Å². The first-order valence-electron chi connectivity index (χ1n) is 9.47. The van der Waals surface area contributed by atoms with Gasteiger partial charge in [-0.15, -0.1) is 0 Å². The molecule has 0 aromatic rings. The molecule has 0 heterocycles. The third-order valence-corrected chi connectivity index (χ3v) is 4.18. The molecule has 0 saturated carbocycles. The highest BCUT2D eigenvalue weighted by molar-refractivity contribution is 4.63. The monoisotopic (exact) mass is 299 g/mol. The predicted octanol–water partition coefficient (Wildman–Crippen LogP) is 3.95. The smallest absolute Gasteiger partial charge is 0.00513 e. The van der Waals surface area contributed by atoms with Crippen LogP contribution in [-0.4, -0.2) is 25.7 Å². The molecule has 1 atom stereocenters. The molecule has 0 aromatic heterocycles. The summed E-state index contributed by atoms with van der Waals surface area (Å²) in [6.07, 6.45) is 17.3. The van der Waals surface area contributed by atoms with Gasteiger partial charge in [0.25, 0.3) is 0 Å². The van der Waals surface area contributed by atoms with Gasteiger partial charge in [-0.1, -0.05) is 64.7 Å². The minimum Gasteiger partial charge on any atom is -0.330 e. The highest BCUT2D eigenvalue weighted by atomic mass is 14.8. The van der Waals surface area contributed by atoms with Gasteiger partial charge in [-0.25, -0.2) is 0 Å². The molecule has 0 fully saturated rings. The topological polar surface area (TPSA) is 64.1 Å². The molecule has 0 aliphatic carbocycles. The number of nitrogens with one attached hydrogen (secondary N) is 1. The maximum atomic E-state index is 6.00. The van der Waals surface area contributed by atoms with Crippen molar-refractivity contribution in [3.63, 3.8) is 0 Å². The van der Waals surface area contributed by atoms with Crippen molar-refractivity contribution >= 4 is 0 Å². The van der Waals surface area contributed by atoms with Gasteiger partial charge in [0, 0.05) is 6.04 Å². The maximum absolute atomic E-state index is 6.00. The maximum Gasteiger partial charge on any atom is 0.00513 e. The van der Waals surface area contributed by atoms with Crippen molar-refractivity contribution in [3.05, 3.63) is 0 Å². The Morgan fingerprint density at radius 1 is 0.714 bits per heavy atom. The minimum absolute atomic E-state index is 0.328. The largest absolute Gasteiger partial charge is 0.330 e. The van der Waals surface area contributed by atoms with Crippen LogP contribution in [0.5, 0.6) is 0 Å². The Morgan fingerprint density at radius 2 is 1.29 bits per heavy atom. The van der Waals surface area contributed by atoms with Crippen molar-refractivity contribution < 1.29 is 0 Å². The molecule has 1 unspecified atom stereocenters. The van der Waals surface area contributed by atoms with E-state index in [1.807, 2.05) is 0 Å². The summed E-state index contributed by atoms with van der Waals surface area (Å²) in [6.45, 7) is 5.25. The summed E-state index contributed by atoms with van der Waals surface area (Å²) in [7, 11) is 0. The Kier molecular flexibility index (Phi) is 17.8. The molecule has 128 valence electrons. The lowest BCUT2D eigenvalue weighted by Crippen LogP contribution is -2.27. The van der Waals surface area contributed by atoms with Crippen LogP contribution >= 0.6 is 0 Å². The number of unbranched alkanes of at least 4 members (excludes halogenated alkanes) is 9. The van der Waals surface area contributed by atoms with E-state index in [9.17, 15) is 0 Å². The van der Waals surface area contributed by atoms with Gasteiger partial charge in [-0.2, -0.15) is 0 Å². The van der Waals surface area contributed by atoms with Crippen LogP contribution in [0.3, 0.4) is 0 Å². The fourth-order valence-electron chi connectivity index (χ4n) is 2.67. The molecular formula is C18H41N3. The van der Waals surface area contributed by atoms with Crippen molar-refractivity contribution in [2.24, 2.45) is 11.5 Å². The molecule has 3 nitrogen and oxygen atoms in total. The average molecular weight is 300 g/mol. The van der Waals surface area contributed by atoms with Crippen LogP contribution in [-0.2, 0) is 0 Å². The van der Waals surface area contributed by atoms with Gasteiger partial charge in [-0.3, -0.25) is 0 Å². The Balaban J connectivity index is 3.02. The molecule has 0 rings (SSSR count). The van der Waals surface area contributed by atoms with E-state index >= 15 is 0 Å². The zero-order valence-electron chi connectivity index (χ0n) is 14.5. The zero-order chi connectivity index (χ0) is 15.6. The molecule has 0 aliphatic heterocycles. The highest BCUT2D eigenvalue weighted by Gasteiger charge is 2.00. The molecular weight excluding hydrogens is 258 g/mol. The van der Waals surface area contributed by atoms with Crippen LogP contribution in [0.15, 0.2) is 0 Å². The van der Waals surface area contributed by atoms with E-state index in [2.05, 4.69) is 12.2 Å². The molecule has 0 spiro atoms. The second-order valence-electron chi connectivity index (χ2n) is 6.41. The second-order valence-corrected chi connectivity index (χ2v) is 6.41. The van der Waals surface area contributed by atoms with Crippen molar-refractivity contribution in [1.29, 1.82) is 0 Å². The third kappa shape index (κ3) is 17.8. The lowest BCUT2D eigenvalue weighted by molar-refractivity contribution is 0.505. The van der Waals surface area contributed by atoms with Crippen molar-refractivity contribution in [2.75, 3.05) is 19.6 Å². The number of rotatable bonds is 17. The van der Waals surface area contributed by atoms with Gasteiger partial charge in [0.05, 0.1) is 0 Å². The van der Waals surface area contributed by atoms with Crippen LogP contribution in [0.1, 0.15) is 90.4 Å². The minimum atomic E-state index is 0.328. The van der Waals surface area contributed by atoms with E-state index in [1.54, 1.807) is 0 Å². The molecule has 0 bridgehead atoms. The Labute approximate surface area is 133 Å². The van der Waals surface area contributed by atoms with Crippen LogP contribution in [0.4, 0.5) is 0 Å². The lowest BCUT2D eigenvalue weighted by Gasteiger charge is -2.11. The molecule has 0 radical (unpaired) electrons. The van der Waals surface area contributed by atoms with Crippen molar-refractivity contribution in [1.82, 2.24) is 5.32 Å². The third-order valence-electron chi connectivity index (χ3n) is 4.18. The van der Waals surface area contributed by atoms with Gasteiger partial charge in [0.15, 0.2) is 0 Å². The van der Waals surface area contributed by atoms with Gasteiger partial charge >= 0.3 is 0 Å². The predicted molar refractivity (Wildman–Crippen MR) is 95.6 cm³/mol. The summed E-state index contributed by atoms with van der Waals surface area (Å²) in [4.78, 5) is 0. The van der Waals surface area contributed by atoms with E-state index < -0.39 is 0 Å². The molecule has 21 heavy (non-hydrogen) atoms. The van der Waals surface area contributed by atoms with E-state index in [0.717, 1.165) is 38.9 Å². The van der Waals surface area contributed by atoms with Gasteiger partial charge in [0.1, 0.15) is 0 Å². The molecule has 0 aromatic carbocycles. The fraction of sp³-hybridized carbons (Fsp3) is 1.00. The zero-order valence-corrected chi connectivity index (χ0v) is 14.5. The Bertz CT molecular complexity index is 185. The lowest BCUT2D eigenvalue weighted by atomic mass is 10.1. The standard InChI is InChI=1S/C18H41N3/c1-2-3-4-5-6-7-8-9-10-11-16-21-17-14-18(20)13-12-15-19/h18,21H,2-17,19-20H2,1H3. The first-order valence-corrected chi connectivity index (χ1v) is 9.47. The fourth-order valence-corrected chi connectivity index (χ4v) is 2.67. The molecule has 0 aliphatic rings. The van der Waals surface area contributed by atoms with Crippen LogP contribution < -0.4 is 16.8 Å².